The average molecular weight is 521 g/mol. The first-order valence-electron chi connectivity index (χ1n) is 9.66. The predicted octanol–water partition coefficient (Wildman–Crippen LogP) is 2.37. The van der Waals surface area contributed by atoms with Crippen LogP contribution in [0.3, 0.4) is 0 Å². The summed E-state index contributed by atoms with van der Waals surface area (Å²) in [6.45, 7) is 3.18. The molecule has 0 aliphatic carbocycles. The first kappa shape index (κ1) is 25.5. The van der Waals surface area contributed by atoms with Crippen LogP contribution < -0.4 is 31.2 Å². The van der Waals surface area contributed by atoms with E-state index < -0.39 is 23.8 Å². The summed E-state index contributed by atoms with van der Waals surface area (Å²) in [6, 6.07) is 8.84. The number of amides is 2. The van der Waals surface area contributed by atoms with Crippen molar-refractivity contribution in [2.75, 3.05) is 26.1 Å². The summed E-state index contributed by atoms with van der Waals surface area (Å²) < 4.78 is 11.1. The third kappa shape index (κ3) is 7.42. The van der Waals surface area contributed by atoms with E-state index in [1.54, 1.807) is 36.4 Å². The van der Waals surface area contributed by atoms with Gasteiger partial charge in [-0.3, -0.25) is 14.4 Å². The molecular formula is C22H25BrN4O6. The lowest BCUT2D eigenvalue weighted by Crippen LogP contribution is -2.39. The molecule has 2 aromatic carbocycles. The molecule has 0 spiro atoms. The van der Waals surface area contributed by atoms with E-state index in [9.17, 15) is 19.5 Å². The van der Waals surface area contributed by atoms with Crippen LogP contribution in [0.4, 0.5) is 5.69 Å². The number of carboxylic acids is 1. The van der Waals surface area contributed by atoms with E-state index in [1.165, 1.54) is 14.2 Å². The topological polar surface area (TPSA) is 152 Å². The fourth-order valence-corrected chi connectivity index (χ4v) is 3.62. The van der Waals surface area contributed by atoms with Gasteiger partial charge >= 0.3 is 5.97 Å². The minimum atomic E-state index is -1.11. The molecule has 2 amide bonds. The molecule has 0 bridgehead atoms. The lowest BCUT2D eigenvalue weighted by Gasteiger charge is -2.20. The Hall–Kier alpha value is -3.73. The third-order valence-corrected chi connectivity index (χ3v) is 5.00. The number of ether oxygens (including phenoxy) is 2. The number of carboxylic acid groups (broad SMARTS) is 1. The Morgan fingerprint density at radius 1 is 1.18 bits per heavy atom. The maximum atomic E-state index is 12.5. The van der Waals surface area contributed by atoms with Crippen LogP contribution in [0.15, 0.2) is 53.3 Å². The number of halogens is 1. The molecule has 11 heteroatoms. The van der Waals surface area contributed by atoms with E-state index in [-0.39, 0.29) is 18.8 Å². The van der Waals surface area contributed by atoms with Crippen molar-refractivity contribution in [2.45, 2.75) is 12.5 Å². The summed E-state index contributed by atoms with van der Waals surface area (Å²) in [4.78, 5) is 36.3. The third-order valence-electron chi connectivity index (χ3n) is 4.41. The van der Waals surface area contributed by atoms with E-state index in [4.69, 9.17) is 15.2 Å². The van der Waals surface area contributed by atoms with Crippen molar-refractivity contribution >= 4 is 39.4 Å². The van der Waals surface area contributed by atoms with E-state index in [1.807, 2.05) is 0 Å². The zero-order valence-electron chi connectivity index (χ0n) is 18.1. The van der Waals surface area contributed by atoms with Crippen molar-refractivity contribution < 1.29 is 29.0 Å². The molecule has 0 saturated heterocycles. The number of aliphatic carboxylic acids is 1. The van der Waals surface area contributed by atoms with Crippen molar-refractivity contribution in [3.63, 3.8) is 0 Å². The number of hydrogen-bond acceptors (Lipinski definition) is 7. The maximum absolute atomic E-state index is 12.5. The Labute approximate surface area is 199 Å². The number of hydrogen-bond donors (Lipinski definition) is 5. The van der Waals surface area contributed by atoms with Gasteiger partial charge in [-0.25, -0.2) is 0 Å². The van der Waals surface area contributed by atoms with Crippen molar-refractivity contribution in [3.8, 4) is 11.5 Å². The second-order valence-corrected chi connectivity index (χ2v) is 7.72. The Balaban J connectivity index is 2.10. The van der Waals surface area contributed by atoms with Crippen LogP contribution in [0.5, 0.6) is 11.5 Å². The fourth-order valence-electron chi connectivity index (χ4n) is 3.00. The van der Waals surface area contributed by atoms with Gasteiger partial charge in [0.25, 0.3) is 5.91 Å². The second-order valence-electron chi connectivity index (χ2n) is 6.87. The van der Waals surface area contributed by atoms with Crippen LogP contribution in [-0.2, 0) is 9.59 Å². The molecule has 176 valence electrons. The zero-order chi connectivity index (χ0) is 24.5. The van der Waals surface area contributed by atoms with Crippen LogP contribution in [0, 0.1) is 0 Å². The molecular weight excluding hydrogens is 496 g/mol. The van der Waals surface area contributed by atoms with Crippen molar-refractivity contribution in [2.24, 2.45) is 5.73 Å². The normalized spacial score (nSPS) is 11.1. The van der Waals surface area contributed by atoms with Crippen molar-refractivity contribution in [3.05, 3.63) is 64.4 Å². The molecule has 1 unspecified atom stereocenters. The minimum Gasteiger partial charge on any atom is -0.493 e. The monoisotopic (exact) mass is 520 g/mol. The van der Waals surface area contributed by atoms with Crippen LogP contribution in [0.2, 0.25) is 0 Å². The molecule has 0 aromatic heterocycles. The number of carbonyl (C=O) groups excluding carboxylic acids is 2. The zero-order valence-corrected chi connectivity index (χ0v) is 19.7. The minimum absolute atomic E-state index is 0.221. The molecule has 33 heavy (non-hydrogen) atoms. The van der Waals surface area contributed by atoms with Gasteiger partial charge in [0.1, 0.15) is 0 Å². The number of methoxy groups -OCH3 is 2. The summed E-state index contributed by atoms with van der Waals surface area (Å²) in [5.41, 5.74) is 6.87. The Morgan fingerprint density at radius 3 is 2.52 bits per heavy atom. The Kier molecular flexibility index (Phi) is 9.10. The molecule has 0 fully saturated rings. The van der Waals surface area contributed by atoms with Crippen LogP contribution in [-0.4, -0.2) is 43.7 Å². The fraction of sp³-hybridized carbons (Fsp3) is 0.227. The van der Waals surface area contributed by atoms with Crippen LogP contribution >= 0.6 is 15.9 Å². The Morgan fingerprint density at radius 2 is 1.91 bits per heavy atom. The van der Waals surface area contributed by atoms with Gasteiger partial charge in [-0.1, -0.05) is 12.6 Å². The van der Waals surface area contributed by atoms with Crippen molar-refractivity contribution in [1.29, 1.82) is 0 Å². The highest BCUT2D eigenvalue weighted by Crippen LogP contribution is 2.38. The molecule has 2 aromatic rings. The number of anilines is 1. The standard InChI is InChI=1S/C22H25BrN4O6/c1-12(24)26-15-6-4-5-13(7-15)22(31)25-11-19(28)27-17(10-20(29)30)14-8-16(23)21(33-3)18(9-14)32-2/h4-9,17,26H,1,10-11,24H2,2-3H3,(H,25,31)(H,27,28)(H,29,30). The second kappa shape index (κ2) is 11.8. The molecule has 10 nitrogen and oxygen atoms in total. The SMILES string of the molecule is C=C(N)Nc1cccc(C(=O)NCC(=O)NC(CC(=O)O)c2cc(Br)c(OC)c(OC)c2)c1. The van der Waals surface area contributed by atoms with Gasteiger partial charge in [0.2, 0.25) is 5.91 Å². The molecule has 0 aliphatic heterocycles. The van der Waals surface area contributed by atoms with Gasteiger partial charge in [0.05, 0.1) is 43.5 Å². The molecule has 0 heterocycles. The summed E-state index contributed by atoms with van der Waals surface area (Å²) in [5, 5.41) is 17.2. The molecule has 0 saturated carbocycles. The lowest BCUT2D eigenvalue weighted by atomic mass is 10.0. The van der Waals surface area contributed by atoms with E-state index >= 15 is 0 Å². The number of nitrogens with one attached hydrogen (secondary N) is 3. The molecule has 2 rings (SSSR count). The van der Waals surface area contributed by atoms with Gasteiger partial charge < -0.3 is 36.3 Å². The van der Waals surface area contributed by atoms with Gasteiger partial charge in [0, 0.05) is 11.3 Å². The van der Waals surface area contributed by atoms with Crippen LogP contribution in [0.1, 0.15) is 28.4 Å². The largest absolute Gasteiger partial charge is 0.493 e. The summed E-state index contributed by atoms with van der Waals surface area (Å²) in [6.07, 6.45) is -0.377. The molecule has 1 atom stereocenters. The highest BCUT2D eigenvalue weighted by Gasteiger charge is 2.22. The highest BCUT2D eigenvalue weighted by molar-refractivity contribution is 9.10. The van der Waals surface area contributed by atoms with Gasteiger partial charge in [-0.2, -0.15) is 0 Å². The maximum Gasteiger partial charge on any atom is 0.305 e. The Bertz CT molecular complexity index is 1060. The molecule has 0 aliphatic rings. The van der Waals surface area contributed by atoms with Gasteiger partial charge in [-0.05, 0) is 51.8 Å². The highest BCUT2D eigenvalue weighted by atomic mass is 79.9. The number of carbonyl (C=O) groups is 3. The number of nitrogens with two attached hydrogens (primary N) is 1. The number of rotatable bonds is 11. The molecule has 6 N–H and O–H groups in total. The number of benzene rings is 2. The predicted molar refractivity (Wildman–Crippen MR) is 126 cm³/mol. The quantitative estimate of drug-likeness (QED) is 0.302. The average Bonchev–Trinajstić information content (AvgIpc) is 2.75. The molecule has 0 radical (unpaired) electrons. The van der Waals surface area contributed by atoms with E-state index in [0.717, 1.165) is 0 Å². The van der Waals surface area contributed by atoms with E-state index in [2.05, 4.69) is 38.5 Å². The van der Waals surface area contributed by atoms with E-state index in [0.29, 0.717) is 32.8 Å². The lowest BCUT2D eigenvalue weighted by molar-refractivity contribution is -0.137. The van der Waals surface area contributed by atoms with Gasteiger partial charge in [-0.15, -0.1) is 0 Å². The summed E-state index contributed by atoms with van der Waals surface area (Å²) in [5.74, 6) is -1.14. The van der Waals surface area contributed by atoms with Crippen molar-refractivity contribution in [1.82, 2.24) is 10.6 Å². The van der Waals surface area contributed by atoms with Crippen LogP contribution in [0.25, 0.3) is 0 Å². The first-order valence-corrected chi connectivity index (χ1v) is 10.5. The summed E-state index contributed by atoms with van der Waals surface area (Å²) in [7, 11) is 2.92. The summed E-state index contributed by atoms with van der Waals surface area (Å²) >= 11 is 3.36. The van der Waals surface area contributed by atoms with Gasteiger partial charge in [0.15, 0.2) is 11.5 Å². The first-order chi connectivity index (χ1) is 15.6. The smallest absolute Gasteiger partial charge is 0.305 e.